The molecule has 8 nitrogen and oxygen atoms in total. The summed E-state index contributed by atoms with van der Waals surface area (Å²) in [7, 11) is 1.58. The molecular formula is C21H25N3O5. The Kier molecular flexibility index (Phi) is 6.89. The summed E-state index contributed by atoms with van der Waals surface area (Å²) in [5.74, 6) is 0.467. The predicted octanol–water partition coefficient (Wildman–Crippen LogP) is 2.20. The highest BCUT2D eigenvalue weighted by Gasteiger charge is 2.21. The van der Waals surface area contributed by atoms with Crippen molar-refractivity contribution in [3.8, 4) is 11.5 Å². The Labute approximate surface area is 169 Å². The van der Waals surface area contributed by atoms with E-state index in [1.54, 1.807) is 25.3 Å². The number of amides is 1. The number of hydrogen-bond acceptors (Lipinski definition) is 6. The van der Waals surface area contributed by atoms with E-state index >= 15 is 0 Å². The summed E-state index contributed by atoms with van der Waals surface area (Å²) >= 11 is 0. The second-order valence-electron chi connectivity index (χ2n) is 6.91. The van der Waals surface area contributed by atoms with Crippen LogP contribution >= 0.6 is 0 Å². The molecule has 1 aliphatic heterocycles. The van der Waals surface area contributed by atoms with Gasteiger partial charge in [-0.1, -0.05) is 6.07 Å². The number of piperidine rings is 1. The minimum atomic E-state index is -1.03. The lowest BCUT2D eigenvalue weighted by Crippen LogP contribution is -2.39. The third kappa shape index (κ3) is 5.84. The molecule has 0 bridgehead atoms. The third-order valence-corrected chi connectivity index (χ3v) is 4.94. The first-order valence-electron chi connectivity index (χ1n) is 9.53. The van der Waals surface area contributed by atoms with Crippen LogP contribution < -0.4 is 19.7 Å². The SMILES string of the molecule is COc1cccc(OCC(=O)NCC2CCN(c3ccnc(C(=O)O)c3)CC2)c1. The number of ether oxygens (including phenoxy) is 2. The monoisotopic (exact) mass is 399 g/mol. The Morgan fingerprint density at radius 1 is 1.21 bits per heavy atom. The highest BCUT2D eigenvalue weighted by Crippen LogP contribution is 2.23. The van der Waals surface area contributed by atoms with Crippen LogP contribution in [0.15, 0.2) is 42.6 Å². The van der Waals surface area contributed by atoms with Gasteiger partial charge in [0.1, 0.15) is 17.2 Å². The smallest absolute Gasteiger partial charge is 0.354 e. The van der Waals surface area contributed by atoms with Crippen LogP contribution in [-0.4, -0.2) is 55.3 Å². The van der Waals surface area contributed by atoms with Crippen LogP contribution in [0.3, 0.4) is 0 Å². The van der Waals surface area contributed by atoms with Gasteiger partial charge in [0.2, 0.25) is 0 Å². The van der Waals surface area contributed by atoms with Gasteiger partial charge in [0.05, 0.1) is 7.11 Å². The lowest BCUT2D eigenvalue weighted by Gasteiger charge is -2.33. The molecular weight excluding hydrogens is 374 g/mol. The molecule has 0 atom stereocenters. The number of carboxylic acids is 1. The van der Waals surface area contributed by atoms with E-state index in [1.165, 1.54) is 6.20 Å². The molecule has 0 saturated carbocycles. The quantitative estimate of drug-likeness (QED) is 0.702. The van der Waals surface area contributed by atoms with Crippen molar-refractivity contribution in [3.05, 3.63) is 48.3 Å². The minimum Gasteiger partial charge on any atom is -0.497 e. The number of pyridine rings is 1. The van der Waals surface area contributed by atoms with E-state index < -0.39 is 5.97 Å². The van der Waals surface area contributed by atoms with Gasteiger partial charge in [-0.3, -0.25) is 4.79 Å². The number of anilines is 1. The number of rotatable bonds is 8. The molecule has 2 aromatic rings. The van der Waals surface area contributed by atoms with Crippen LogP contribution in [-0.2, 0) is 4.79 Å². The lowest BCUT2D eigenvalue weighted by molar-refractivity contribution is -0.123. The normalized spacial score (nSPS) is 14.3. The number of carboxylic acid groups (broad SMARTS) is 1. The first-order chi connectivity index (χ1) is 14.0. The van der Waals surface area contributed by atoms with Crippen LogP contribution in [0.4, 0.5) is 5.69 Å². The highest BCUT2D eigenvalue weighted by molar-refractivity contribution is 5.86. The van der Waals surface area contributed by atoms with Crippen LogP contribution in [0.5, 0.6) is 11.5 Å². The zero-order valence-corrected chi connectivity index (χ0v) is 16.3. The Morgan fingerprint density at radius 3 is 2.69 bits per heavy atom. The third-order valence-electron chi connectivity index (χ3n) is 4.94. The van der Waals surface area contributed by atoms with E-state index in [4.69, 9.17) is 14.6 Å². The molecule has 3 rings (SSSR count). The molecule has 0 radical (unpaired) electrons. The predicted molar refractivity (Wildman–Crippen MR) is 108 cm³/mol. The highest BCUT2D eigenvalue weighted by atomic mass is 16.5. The molecule has 29 heavy (non-hydrogen) atoms. The fraction of sp³-hybridized carbons (Fsp3) is 0.381. The molecule has 0 unspecified atom stereocenters. The van der Waals surface area contributed by atoms with Crippen LogP contribution in [0.1, 0.15) is 23.3 Å². The van der Waals surface area contributed by atoms with Gasteiger partial charge in [-0.2, -0.15) is 0 Å². The number of nitrogens with zero attached hydrogens (tertiary/aromatic N) is 2. The maximum atomic E-state index is 12.1. The fourth-order valence-corrected chi connectivity index (χ4v) is 3.28. The van der Waals surface area contributed by atoms with Crippen molar-refractivity contribution in [3.63, 3.8) is 0 Å². The first kappa shape index (κ1) is 20.4. The van der Waals surface area contributed by atoms with E-state index in [0.717, 1.165) is 31.6 Å². The molecule has 1 fully saturated rings. The van der Waals surface area contributed by atoms with Gasteiger partial charge in [0.25, 0.3) is 5.91 Å². The summed E-state index contributed by atoms with van der Waals surface area (Å²) in [5.41, 5.74) is 0.916. The molecule has 0 aliphatic carbocycles. The zero-order chi connectivity index (χ0) is 20.6. The number of benzene rings is 1. The van der Waals surface area contributed by atoms with Crippen molar-refractivity contribution in [2.24, 2.45) is 5.92 Å². The minimum absolute atomic E-state index is 0.0407. The van der Waals surface area contributed by atoms with Gasteiger partial charge in [-0.05, 0) is 43.0 Å². The number of nitrogens with one attached hydrogen (secondary N) is 1. The van der Waals surface area contributed by atoms with Crippen molar-refractivity contribution in [2.45, 2.75) is 12.8 Å². The van der Waals surface area contributed by atoms with E-state index in [2.05, 4.69) is 15.2 Å². The number of aromatic nitrogens is 1. The summed E-state index contributed by atoms with van der Waals surface area (Å²) < 4.78 is 10.6. The van der Waals surface area contributed by atoms with Crippen molar-refractivity contribution >= 4 is 17.6 Å². The summed E-state index contributed by atoms with van der Waals surface area (Å²) in [6.07, 6.45) is 3.36. The average Bonchev–Trinajstić information content (AvgIpc) is 2.77. The molecule has 1 amide bonds. The summed E-state index contributed by atoms with van der Waals surface area (Å²) in [4.78, 5) is 29.1. The Hall–Kier alpha value is -3.29. The van der Waals surface area contributed by atoms with Gasteiger partial charge < -0.3 is 24.8 Å². The van der Waals surface area contributed by atoms with Crippen LogP contribution in [0.25, 0.3) is 0 Å². The molecule has 1 aliphatic rings. The summed E-state index contributed by atoms with van der Waals surface area (Å²) in [6, 6.07) is 10.6. The van der Waals surface area contributed by atoms with Crippen molar-refractivity contribution < 1.29 is 24.2 Å². The number of aromatic carboxylic acids is 1. The molecule has 2 heterocycles. The Morgan fingerprint density at radius 2 is 1.97 bits per heavy atom. The van der Waals surface area contributed by atoms with Crippen molar-refractivity contribution in [1.29, 1.82) is 0 Å². The fourth-order valence-electron chi connectivity index (χ4n) is 3.28. The van der Waals surface area contributed by atoms with Crippen LogP contribution in [0.2, 0.25) is 0 Å². The molecule has 154 valence electrons. The largest absolute Gasteiger partial charge is 0.497 e. The molecule has 1 aromatic heterocycles. The van der Waals surface area contributed by atoms with E-state index in [1.807, 2.05) is 18.2 Å². The Balaban J connectivity index is 1.40. The summed E-state index contributed by atoms with van der Waals surface area (Å²) in [6.45, 7) is 2.18. The number of methoxy groups -OCH3 is 1. The maximum absolute atomic E-state index is 12.1. The number of carbonyl (C=O) groups excluding carboxylic acids is 1. The zero-order valence-electron chi connectivity index (χ0n) is 16.3. The van der Waals surface area contributed by atoms with E-state index in [9.17, 15) is 9.59 Å². The average molecular weight is 399 g/mol. The molecule has 2 N–H and O–H groups in total. The molecule has 0 spiro atoms. The summed E-state index contributed by atoms with van der Waals surface area (Å²) in [5, 5.41) is 12.0. The van der Waals surface area contributed by atoms with Crippen molar-refractivity contribution in [1.82, 2.24) is 10.3 Å². The van der Waals surface area contributed by atoms with Crippen LogP contribution in [0, 0.1) is 5.92 Å². The van der Waals surface area contributed by atoms with Crippen molar-refractivity contribution in [2.75, 3.05) is 38.3 Å². The molecule has 1 aromatic carbocycles. The van der Waals surface area contributed by atoms with Gasteiger partial charge in [0.15, 0.2) is 6.61 Å². The van der Waals surface area contributed by atoms with E-state index in [0.29, 0.717) is 24.0 Å². The Bertz CT molecular complexity index is 850. The topological polar surface area (TPSA) is 101 Å². The van der Waals surface area contributed by atoms with Gasteiger partial charge >= 0.3 is 5.97 Å². The first-order valence-corrected chi connectivity index (χ1v) is 9.53. The number of hydrogen-bond donors (Lipinski definition) is 2. The van der Waals surface area contributed by atoms with Gasteiger partial charge in [0, 0.05) is 37.6 Å². The van der Waals surface area contributed by atoms with E-state index in [-0.39, 0.29) is 18.2 Å². The van der Waals surface area contributed by atoms with Gasteiger partial charge in [-0.15, -0.1) is 0 Å². The standard InChI is InChI=1S/C21H25N3O5/c1-28-17-3-2-4-18(12-17)29-14-20(25)23-13-15-6-9-24(10-7-15)16-5-8-22-19(11-16)21(26)27/h2-5,8,11-12,15H,6-7,9-10,13-14H2,1H3,(H,23,25)(H,26,27). The lowest BCUT2D eigenvalue weighted by atomic mass is 9.96. The van der Waals surface area contributed by atoms with Gasteiger partial charge in [-0.25, -0.2) is 9.78 Å². The molecule has 8 heteroatoms. The number of carbonyl (C=O) groups is 2. The second-order valence-corrected chi connectivity index (χ2v) is 6.91. The maximum Gasteiger partial charge on any atom is 0.354 e. The molecule has 1 saturated heterocycles. The second kappa shape index (κ2) is 9.77.